The Balaban J connectivity index is 3.11. The zero-order valence-electron chi connectivity index (χ0n) is 12.9. The van der Waals surface area contributed by atoms with Gasteiger partial charge in [-0.3, -0.25) is 9.63 Å². The smallest absolute Gasteiger partial charge is 0.139 e. The van der Waals surface area contributed by atoms with Gasteiger partial charge in [0, 0.05) is 12.3 Å². The van der Waals surface area contributed by atoms with E-state index in [4.69, 9.17) is 4.84 Å². The number of nitrogens with zero attached hydrogens (tertiary/aromatic N) is 1. The highest BCUT2D eigenvalue weighted by Gasteiger charge is 2.53. The zero-order chi connectivity index (χ0) is 14.0. The lowest BCUT2D eigenvalue weighted by molar-refractivity contribution is -0.294. The van der Waals surface area contributed by atoms with Gasteiger partial charge >= 0.3 is 0 Å². The van der Waals surface area contributed by atoms with Gasteiger partial charge in [-0.25, -0.2) is 0 Å². The maximum absolute atomic E-state index is 12.3. The number of Topliss-reactive ketones (excluding diaryl/α,β-unsaturated/α-hetero) is 1. The first-order valence-corrected chi connectivity index (χ1v) is 7.31. The molecule has 18 heavy (non-hydrogen) atoms. The summed E-state index contributed by atoms with van der Waals surface area (Å²) in [6.45, 7) is 13.5. The summed E-state index contributed by atoms with van der Waals surface area (Å²) < 4.78 is 0. The normalized spacial score (nSPS) is 38.1. The maximum atomic E-state index is 12.3. The molecule has 1 rings (SSSR count). The second-order valence-electron chi connectivity index (χ2n) is 6.05. The summed E-state index contributed by atoms with van der Waals surface area (Å²) in [5.74, 6) is 0.416. The number of piperidine rings is 1. The molecule has 0 radical (unpaired) electrons. The predicted octanol–water partition coefficient (Wildman–Crippen LogP) is 3.58. The van der Waals surface area contributed by atoms with Gasteiger partial charge in [0.05, 0.1) is 17.7 Å². The van der Waals surface area contributed by atoms with Gasteiger partial charge in [0.15, 0.2) is 0 Å². The summed E-state index contributed by atoms with van der Waals surface area (Å²) in [7, 11) is 0. The molecule has 3 atom stereocenters. The molecule has 1 heterocycles. The molecule has 0 spiro atoms. The van der Waals surface area contributed by atoms with Gasteiger partial charge in [-0.1, -0.05) is 27.7 Å². The maximum Gasteiger partial charge on any atom is 0.139 e. The molecule has 1 fully saturated rings. The van der Waals surface area contributed by atoms with E-state index < -0.39 is 0 Å². The van der Waals surface area contributed by atoms with Crippen molar-refractivity contribution in [2.45, 2.75) is 78.3 Å². The molecule has 1 saturated heterocycles. The fourth-order valence-corrected chi connectivity index (χ4v) is 2.94. The summed E-state index contributed by atoms with van der Waals surface area (Å²) in [5, 5.41) is 2.15. The van der Waals surface area contributed by atoms with Crippen LogP contribution in [0.15, 0.2) is 0 Å². The van der Waals surface area contributed by atoms with Crippen LogP contribution >= 0.6 is 0 Å². The van der Waals surface area contributed by atoms with E-state index in [9.17, 15) is 4.79 Å². The van der Waals surface area contributed by atoms with E-state index in [-0.39, 0.29) is 17.0 Å². The Morgan fingerprint density at radius 3 is 2.33 bits per heavy atom. The average molecular weight is 255 g/mol. The molecule has 0 aromatic heterocycles. The molecule has 1 aliphatic rings. The van der Waals surface area contributed by atoms with E-state index in [1.165, 1.54) is 0 Å². The molecule has 3 unspecified atom stereocenters. The van der Waals surface area contributed by atoms with Crippen LogP contribution in [-0.4, -0.2) is 28.5 Å². The number of rotatable bonds is 5. The molecular weight excluding hydrogens is 226 g/mol. The van der Waals surface area contributed by atoms with E-state index in [0.717, 1.165) is 25.9 Å². The summed E-state index contributed by atoms with van der Waals surface area (Å²) in [6.07, 6.45) is 3.46. The van der Waals surface area contributed by atoms with Gasteiger partial charge in [-0.05, 0) is 33.1 Å². The molecule has 0 aliphatic carbocycles. The average Bonchev–Trinajstić information content (AvgIpc) is 2.36. The van der Waals surface area contributed by atoms with Gasteiger partial charge < -0.3 is 0 Å². The highest BCUT2D eigenvalue weighted by atomic mass is 16.7. The Morgan fingerprint density at radius 2 is 1.89 bits per heavy atom. The van der Waals surface area contributed by atoms with Gasteiger partial charge in [0.1, 0.15) is 5.78 Å². The Bertz CT molecular complexity index is 305. The molecule has 3 heteroatoms. The van der Waals surface area contributed by atoms with Crippen molar-refractivity contribution in [3.8, 4) is 0 Å². The minimum absolute atomic E-state index is 0.0407. The lowest BCUT2D eigenvalue weighted by Gasteiger charge is -2.55. The third-order valence-corrected chi connectivity index (χ3v) is 4.83. The topological polar surface area (TPSA) is 29.5 Å². The van der Waals surface area contributed by atoms with Crippen LogP contribution in [0, 0.1) is 5.92 Å². The highest BCUT2D eigenvalue weighted by molar-refractivity contribution is 5.84. The second-order valence-corrected chi connectivity index (χ2v) is 6.05. The van der Waals surface area contributed by atoms with Crippen molar-refractivity contribution < 1.29 is 9.63 Å². The van der Waals surface area contributed by atoms with Crippen LogP contribution in [0.3, 0.4) is 0 Å². The van der Waals surface area contributed by atoms with Gasteiger partial charge in [-0.15, -0.1) is 0 Å². The van der Waals surface area contributed by atoms with Crippen LogP contribution in [-0.2, 0) is 9.63 Å². The number of hydroxylamine groups is 2. The van der Waals surface area contributed by atoms with E-state index in [0.29, 0.717) is 12.2 Å². The Morgan fingerprint density at radius 1 is 1.28 bits per heavy atom. The van der Waals surface area contributed by atoms with Crippen molar-refractivity contribution in [3.63, 3.8) is 0 Å². The van der Waals surface area contributed by atoms with Crippen molar-refractivity contribution >= 4 is 5.78 Å². The van der Waals surface area contributed by atoms with Crippen molar-refractivity contribution in [3.05, 3.63) is 0 Å². The molecular formula is C15H29NO2. The van der Waals surface area contributed by atoms with E-state index in [2.05, 4.69) is 39.7 Å². The van der Waals surface area contributed by atoms with Crippen LogP contribution in [0.5, 0.6) is 0 Å². The number of hydrogen-bond donors (Lipinski definition) is 0. The Hall–Kier alpha value is -0.410. The molecule has 106 valence electrons. The lowest BCUT2D eigenvalue weighted by atomic mass is 9.70. The molecule has 0 saturated carbocycles. The highest BCUT2D eigenvalue weighted by Crippen LogP contribution is 2.43. The van der Waals surface area contributed by atoms with Gasteiger partial charge in [0.25, 0.3) is 0 Å². The van der Waals surface area contributed by atoms with Crippen LogP contribution in [0.1, 0.15) is 67.2 Å². The van der Waals surface area contributed by atoms with E-state index in [1.807, 2.05) is 6.92 Å². The fraction of sp³-hybridized carbons (Fsp3) is 0.933. The number of carbonyl (C=O) groups is 1. The minimum atomic E-state index is -0.185. The van der Waals surface area contributed by atoms with Crippen LogP contribution in [0.25, 0.3) is 0 Å². The molecule has 0 N–H and O–H groups in total. The monoisotopic (exact) mass is 255 g/mol. The van der Waals surface area contributed by atoms with Crippen LogP contribution < -0.4 is 0 Å². The third kappa shape index (κ3) is 2.48. The van der Waals surface area contributed by atoms with Crippen molar-refractivity contribution in [2.24, 2.45) is 5.92 Å². The first-order chi connectivity index (χ1) is 8.35. The molecule has 3 nitrogen and oxygen atoms in total. The first kappa shape index (κ1) is 15.6. The molecule has 0 aromatic carbocycles. The first-order valence-electron chi connectivity index (χ1n) is 7.31. The van der Waals surface area contributed by atoms with Crippen LogP contribution in [0.4, 0.5) is 0 Å². The molecule has 0 amide bonds. The predicted molar refractivity (Wildman–Crippen MR) is 74.3 cm³/mol. The largest absolute Gasteiger partial charge is 0.299 e. The van der Waals surface area contributed by atoms with Crippen molar-refractivity contribution in [1.29, 1.82) is 0 Å². The van der Waals surface area contributed by atoms with Gasteiger partial charge in [0.2, 0.25) is 0 Å². The Labute approximate surface area is 112 Å². The van der Waals surface area contributed by atoms with E-state index in [1.54, 1.807) is 0 Å². The number of ketones is 1. The molecule has 0 aromatic rings. The fourth-order valence-electron chi connectivity index (χ4n) is 2.94. The van der Waals surface area contributed by atoms with Crippen LogP contribution in [0.2, 0.25) is 0 Å². The summed E-state index contributed by atoms with van der Waals surface area (Å²) in [6, 6.07) is 0. The standard InChI is InChI=1S/C15H29NO2/c1-7-10-18-16-14(5,8-2)11-13(17)12(4)15(16,6)9-3/h12H,7-11H2,1-6H3. The van der Waals surface area contributed by atoms with Crippen molar-refractivity contribution in [1.82, 2.24) is 5.06 Å². The minimum Gasteiger partial charge on any atom is -0.299 e. The Kier molecular flexibility index (Phi) is 4.96. The zero-order valence-corrected chi connectivity index (χ0v) is 12.9. The molecule has 1 aliphatic heterocycles. The SMILES string of the molecule is CCCON1C(C)(CC)CC(=O)C(C)C1(C)CC. The lowest BCUT2D eigenvalue weighted by Crippen LogP contribution is -2.66. The molecule has 0 bridgehead atoms. The summed E-state index contributed by atoms with van der Waals surface area (Å²) in [5.41, 5.74) is -0.348. The number of hydrogen-bond acceptors (Lipinski definition) is 3. The van der Waals surface area contributed by atoms with Gasteiger partial charge in [-0.2, -0.15) is 5.06 Å². The van der Waals surface area contributed by atoms with Crippen molar-refractivity contribution in [2.75, 3.05) is 6.61 Å². The second kappa shape index (κ2) is 5.70. The summed E-state index contributed by atoms with van der Waals surface area (Å²) >= 11 is 0. The van der Waals surface area contributed by atoms with E-state index >= 15 is 0 Å². The number of carbonyl (C=O) groups excluding carboxylic acids is 1. The quantitative estimate of drug-likeness (QED) is 0.752. The summed E-state index contributed by atoms with van der Waals surface area (Å²) in [4.78, 5) is 18.3. The third-order valence-electron chi connectivity index (χ3n) is 4.83.